The van der Waals surface area contributed by atoms with E-state index in [1.165, 1.54) is 38.9 Å². The highest BCUT2D eigenvalue weighted by molar-refractivity contribution is 4.90. The molecule has 0 aromatic rings. The molecule has 4 heteroatoms. The molecule has 0 spiro atoms. The van der Waals surface area contributed by atoms with Crippen molar-refractivity contribution in [1.82, 2.24) is 15.1 Å². The number of hydrogen-bond donors (Lipinski definition) is 1. The second-order valence-corrected chi connectivity index (χ2v) is 6.27. The second kappa shape index (κ2) is 7.58. The van der Waals surface area contributed by atoms with Crippen molar-refractivity contribution in [3.8, 4) is 0 Å². The van der Waals surface area contributed by atoms with E-state index in [1.54, 1.807) is 0 Å². The van der Waals surface area contributed by atoms with Crippen LogP contribution in [0.15, 0.2) is 0 Å². The van der Waals surface area contributed by atoms with E-state index >= 15 is 0 Å². The molecule has 2 heterocycles. The van der Waals surface area contributed by atoms with Crippen LogP contribution in [0.1, 0.15) is 26.2 Å². The van der Waals surface area contributed by atoms with Crippen molar-refractivity contribution in [2.45, 2.75) is 38.3 Å². The van der Waals surface area contributed by atoms with Crippen molar-refractivity contribution < 1.29 is 4.74 Å². The molecular formula is C15H31N3O. The Morgan fingerprint density at radius 1 is 1.21 bits per heavy atom. The van der Waals surface area contributed by atoms with Gasteiger partial charge in [0.25, 0.3) is 0 Å². The minimum absolute atomic E-state index is 0.626. The summed E-state index contributed by atoms with van der Waals surface area (Å²) < 4.78 is 5.49. The maximum atomic E-state index is 5.49. The number of hydrogen-bond acceptors (Lipinski definition) is 4. The lowest BCUT2D eigenvalue weighted by Crippen LogP contribution is -2.59. The lowest BCUT2D eigenvalue weighted by molar-refractivity contribution is 0.0440. The molecule has 0 amide bonds. The minimum atomic E-state index is 0.626. The molecule has 2 fully saturated rings. The lowest BCUT2D eigenvalue weighted by Gasteiger charge is -2.43. The Hall–Kier alpha value is -0.160. The van der Waals surface area contributed by atoms with Crippen molar-refractivity contribution in [3.05, 3.63) is 0 Å². The molecular weight excluding hydrogens is 238 g/mol. The highest BCUT2D eigenvalue weighted by Crippen LogP contribution is 2.23. The molecule has 2 aliphatic heterocycles. The average molecular weight is 269 g/mol. The highest BCUT2D eigenvalue weighted by Gasteiger charge is 2.31. The van der Waals surface area contributed by atoms with Crippen LogP contribution in [0, 0.1) is 5.92 Å². The fraction of sp³-hybridized carbons (Fsp3) is 1.00. The Bertz CT molecular complexity index is 256. The van der Waals surface area contributed by atoms with Gasteiger partial charge in [0.15, 0.2) is 0 Å². The van der Waals surface area contributed by atoms with E-state index in [0.717, 1.165) is 25.7 Å². The molecule has 2 unspecified atom stereocenters. The molecule has 0 aromatic carbocycles. The van der Waals surface area contributed by atoms with E-state index in [9.17, 15) is 0 Å². The third-order valence-electron chi connectivity index (χ3n) is 4.76. The molecule has 2 aliphatic rings. The van der Waals surface area contributed by atoms with Crippen LogP contribution >= 0.6 is 0 Å². The van der Waals surface area contributed by atoms with Crippen LogP contribution in [0.25, 0.3) is 0 Å². The molecule has 0 aromatic heterocycles. The molecule has 0 bridgehead atoms. The number of piperazine rings is 1. The van der Waals surface area contributed by atoms with Crippen molar-refractivity contribution >= 4 is 0 Å². The smallest absolute Gasteiger partial charge is 0.0468 e. The van der Waals surface area contributed by atoms with Crippen molar-refractivity contribution in [2.75, 3.05) is 53.5 Å². The van der Waals surface area contributed by atoms with Crippen LogP contribution in [0.5, 0.6) is 0 Å². The van der Waals surface area contributed by atoms with Crippen LogP contribution in [0.4, 0.5) is 0 Å². The topological polar surface area (TPSA) is 27.7 Å². The molecule has 1 N–H and O–H groups in total. The molecule has 112 valence electrons. The van der Waals surface area contributed by atoms with E-state index in [1.807, 2.05) is 0 Å². The predicted molar refractivity (Wildman–Crippen MR) is 79.5 cm³/mol. The zero-order valence-electron chi connectivity index (χ0n) is 12.9. The van der Waals surface area contributed by atoms with Crippen molar-refractivity contribution in [1.29, 1.82) is 0 Å². The van der Waals surface area contributed by atoms with Crippen LogP contribution in [0.3, 0.4) is 0 Å². The van der Waals surface area contributed by atoms with Crippen LogP contribution in [0.2, 0.25) is 0 Å². The Morgan fingerprint density at radius 2 is 1.95 bits per heavy atom. The standard InChI is InChI=1S/C15H31N3O/c1-4-16-14(11-13-5-9-19-10-6-13)15-12-17(2)7-8-18(15)3/h13-16H,4-12H2,1-3H3. The molecule has 2 atom stereocenters. The molecule has 2 rings (SSSR count). The summed E-state index contributed by atoms with van der Waals surface area (Å²) in [5.41, 5.74) is 0. The number of rotatable bonds is 5. The monoisotopic (exact) mass is 269 g/mol. The fourth-order valence-corrected chi connectivity index (χ4v) is 3.46. The molecule has 0 aliphatic carbocycles. The van der Waals surface area contributed by atoms with Gasteiger partial charge in [0.2, 0.25) is 0 Å². The first-order valence-electron chi connectivity index (χ1n) is 7.90. The number of likely N-dealkylation sites (N-methyl/N-ethyl adjacent to an activating group) is 3. The minimum Gasteiger partial charge on any atom is -0.381 e. The van der Waals surface area contributed by atoms with Gasteiger partial charge in [-0.1, -0.05) is 6.92 Å². The van der Waals surface area contributed by atoms with Gasteiger partial charge in [-0.25, -0.2) is 0 Å². The Kier molecular flexibility index (Phi) is 6.07. The zero-order chi connectivity index (χ0) is 13.7. The third kappa shape index (κ3) is 4.42. The van der Waals surface area contributed by atoms with Gasteiger partial charge in [0.05, 0.1) is 0 Å². The summed E-state index contributed by atoms with van der Waals surface area (Å²) in [6.07, 6.45) is 3.79. The van der Waals surface area contributed by atoms with Gasteiger partial charge >= 0.3 is 0 Å². The van der Waals surface area contributed by atoms with Crippen LogP contribution in [-0.2, 0) is 4.74 Å². The van der Waals surface area contributed by atoms with Crippen LogP contribution in [-0.4, -0.2) is 75.4 Å². The summed E-state index contributed by atoms with van der Waals surface area (Å²) in [4.78, 5) is 5.02. The van der Waals surface area contributed by atoms with Crippen molar-refractivity contribution in [3.63, 3.8) is 0 Å². The first-order chi connectivity index (χ1) is 9.20. The summed E-state index contributed by atoms with van der Waals surface area (Å²) in [5.74, 6) is 0.846. The van der Waals surface area contributed by atoms with E-state index in [4.69, 9.17) is 4.74 Å². The predicted octanol–water partition coefficient (Wildman–Crippen LogP) is 1.03. The maximum Gasteiger partial charge on any atom is 0.0468 e. The summed E-state index contributed by atoms with van der Waals surface area (Å²) in [6.45, 7) is 8.80. The third-order valence-corrected chi connectivity index (χ3v) is 4.76. The molecule has 0 radical (unpaired) electrons. The van der Waals surface area contributed by atoms with Gasteiger partial charge in [0.1, 0.15) is 0 Å². The SMILES string of the molecule is CCNC(CC1CCOCC1)C1CN(C)CCN1C. The van der Waals surface area contributed by atoms with E-state index in [2.05, 4.69) is 36.1 Å². The van der Waals surface area contributed by atoms with Crippen molar-refractivity contribution in [2.24, 2.45) is 5.92 Å². The molecule has 19 heavy (non-hydrogen) atoms. The van der Waals surface area contributed by atoms with Gasteiger partial charge in [-0.3, -0.25) is 4.90 Å². The van der Waals surface area contributed by atoms with Gasteiger partial charge < -0.3 is 15.0 Å². The van der Waals surface area contributed by atoms with Crippen LogP contribution < -0.4 is 5.32 Å². The van der Waals surface area contributed by atoms with E-state index < -0.39 is 0 Å². The quantitative estimate of drug-likeness (QED) is 0.807. The van der Waals surface area contributed by atoms with Gasteiger partial charge in [-0.2, -0.15) is 0 Å². The molecule has 4 nitrogen and oxygen atoms in total. The summed E-state index contributed by atoms with van der Waals surface area (Å²) in [7, 11) is 4.53. The largest absolute Gasteiger partial charge is 0.381 e. The normalized spacial score (nSPS) is 29.5. The molecule has 2 saturated heterocycles. The summed E-state index contributed by atoms with van der Waals surface area (Å²) in [6, 6.07) is 1.28. The lowest BCUT2D eigenvalue weighted by atomic mass is 9.88. The number of nitrogens with zero attached hydrogens (tertiary/aromatic N) is 2. The summed E-state index contributed by atoms with van der Waals surface area (Å²) in [5, 5.41) is 3.74. The van der Waals surface area contributed by atoms with Gasteiger partial charge in [-0.15, -0.1) is 0 Å². The first kappa shape index (κ1) is 15.2. The van der Waals surface area contributed by atoms with E-state index in [-0.39, 0.29) is 0 Å². The second-order valence-electron chi connectivity index (χ2n) is 6.27. The number of nitrogens with one attached hydrogen (secondary N) is 1. The average Bonchev–Trinajstić information content (AvgIpc) is 2.42. The van der Waals surface area contributed by atoms with E-state index in [0.29, 0.717) is 12.1 Å². The molecule has 0 saturated carbocycles. The summed E-state index contributed by atoms with van der Waals surface area (Å²) >= 11 is 0. The first-order valence-corrected chi connectivity index (χ1v) is 7.90. The Labute approximate surface area is 118 Å². The zero-order valence-corrected chi connectivity index (χ0v) is 12.9. The Balaban J connectivity index is 1.92. The maximum absolute atomic E-state index is 5.49. The highest BCUT2D eigenvalue weighted by atomic mass is 16.5. The fourth-order valence-electron chi connectivity index (χ4n) is 3.46. The van der Waals surface area contributed by atoms with Gasteiger partial charge in [0, 0.05) is 44.9 Å². The van der Waals surface area contributed by atoms with Gasteiger partial charge in [-0.05, 0) is 45.8 Å². The Morgan fingerprint density at radius 3 is 2.63 bits per heavy atom. The number of ether oxygens (including phenoxy) is 1.